The first kappa shape index (κ1) is 6.99. The summed E-state index contributed by atoms with van der Waals surface area (Å²) in [6.07, 6.45) is 0. The average molecular weight is 129 g/mol. The lowest BCUT2D eigenvalue weighted by Crippen LogP contribution is -2.38. The molecule has 3 nitrogen and oxygen atoms in total. The van der Waals surface area contributed by atoms with E-state index in [1.807, 2.05) is 7.05 Å². The molecule has 1 fully saturated rings. The van der Waals surface area contributed by atoms with Gasteiger partial charge in [0.2, 0.25) is 0 Å². The van der Waals surface area contributed by atoms with Crippen LogP contribution < -0.4 is 5.43 Å². The van der Waals surface area contributed by atoms with Gasteiger partial charge < -0.3 is 0 Å². The standard InChI is InChI=1S/C6H15N3/c1-4-9-5-6(2)7-8(9)3/h6-7H,4-5H2,1-3H3. The first-order valence-electron chi connectivity index (χ1n) is 3.48. The summed E-state index contributed by atoms with van der Waals surface area (Å²) in [6, 6.07) is 0.606. The molecule has 1 saturated heterocycles. The van der Waals surface area contributed by atoms with Gasteiger partial charge in [-0.05, 0) is 6.92 Å². The second-order valence-corrected chi connectivity index (χ2v) is 2.56. The van der Waals surface area contributed by atoms with Crippen molar-refractivity contribution in [3.63, 3.8) is 0 Å². The van der Waals surface area contributed by atoms with E-state index in [1.165, 1.54) is 0 Å². The van der Waals surface area contributed by atoms with Crippen LogP contribution in [0.25, 0.3) is 0 Å². The minimum atomic E-state index is 0.606. The van der Waals surface area contributed by atoms with Crippen LogP contribution >= 0.6 is 0 Å². The topological polar surface area (TPSA) is 18.5 Å². The summed E-state index contributed by atoms with van der Waals surface area (Å²) in [7, 11) is 2.05. The molecular formula is C6H15N3. The lowest BCUT2D eigenvalue weighted by Gasteiger charge is -2.20. The van der Waals surface area contributed by atoms with E-state index in [4.69, 9.17) is 0 Å². The van der Waals surface area contributed by atoms with Gasteiger partial charge >= 0.3 is 0 Å². The van der Waals surface area contributed by atoms with Gasteiger partial charge in [0.25, 0.3) is 0 Å². The molecule has 1 unspecified atom stereocenters. The summed E-state index contributed by atoms with van der Waals surface area (Å²) >= 11 is 0. The zero-order chi connectivity index (χ0) is 6.85. The van der Waals surface area contributed by atoms with Crippen LogP contribution in [-0.4, -0.2) is 36.3 Å². The first-order chi connectivity index (χ1) is 4.24. The average Bonchev–Trinajstić information content (AvgIpc) is 2.10. The summed E-state index contributed by atoms with van der Waals surface area (Å²) in [5.41, 5.74) is 3.28. The molecule has 54 valence electrons. The number of likely N-dealkylation sites (N-methyl/N-ethyl adjacent to an activating group) is 1. The van der Waals surface area contributed by atoms with Crippen molar-refractivity contribution in [2.45, 2.75) is 19.9 Å². The maximum atomic E-state index is 3.28. The van der Waals surface area contributed by atoms with Crippen molar-refractivity contribution in [2.75, 3.05) is 20.1 Å². The lowest BCUT2D eigenvalue weighted by molar-refractivity contribution is 0.0224. The van der Waals surface area contributed by atoms with Crippen molar-refractivity contribution in [2.24, 2.45) is 0 Å². The minimum absolute atomic E-state index is 0.606. The van der Waals surface area contributed by atoms with E-state index >= 15 is 0 Å². The van der Waals surface area contributed by atoms with E-state index in [1.54, 1.807) is 0 Å². The summed E-state index contributed by atoms with van der Waals surface area (Å²) in [4.78, 5) is 0. The fourth-order valence-electron chi connectivity index (χ4n) is 1.22. The van der Waals surface area contributed by atoms with Gasteiger partial charge in [0.15, 0.2) is 0 Å². The Bertz CT molecular complexity index is 94.3. The number of hydrazine groups is 2. The molecule has 1 atom stereocenters. The number of nitrogens with zero attached hydrogens (tertiary/aromatic N) is 2. The largest absolute Gasteiger partial charge is 0.237 e. The van der Waals surface area contributed by atoms with Gasteiger partial charge in [0, 0.05) is 26.2 Å². The van der Waals surface area contributed by atoms with Crippen molar-refractivity contribution < 1.29 is 0 Å². The predicted molar refractivity (Wildman–Crippen MR) is 37.6 cm³/mol. The Hall–Kier alpha value is -0.120. The smallest absolute Gasteiger partial charge is 0.0342 e. The Morgan fingerprint density at radius 2 is 2.33 bits per heavy atom. The highest BCUT2D eigenvalue weighted by molar-refractivity contribution is 4.68. The summed E-state index contributed by atoms with van der Waals surface area (Å²) in [5, 5.41) is 4.33. The van der Waals surface area contributed by atoms with Crippen LogP contribution in [0.1, 0.15) is 13.8 Å². The highest BCUT2D eigenvalue weighted by Crippen LogP contribution is 2.02. The molecule has 1 aliphatic rings. The third-order valence-corrected chi connectivity index (χ3v) is 1.68. The summed E-state index contributed by atoms with van der Waals surface area (Å²) < 4.78 is 0. The highest BCUT2D eigenvalue weighted by atomic mass is 15.8. The van der Waals surface area contributed by atoms with E-state index < -0.39 is 0 Å². The van der Waals surface area contributed by atoms with Crippen molar-refractivity contribution >= 4 is 0 Å². The maximum Gasteiger partial charge on any atom is 0.0342 e. The molecule has 0 aromatic heterocycles. The van der Waals surface area contributed by atoms with Crippen LogP contribution in [0.3, 0.4) is 0 Å². The van der Waals surface area contributed by atoms with E-state index in [2.05, 4.69) is 29.4 Å². The number of hydrogen-bond acceptors (Lipinski definition) is 3. The second-order valence-electron chi connectivity index (χ2n) is 2.56. The number of nitrogens with one attached hydrogen (secondary N) is 1. The fraction of sp³-hybridized carbons (Fsp3) is 1.00. The van der Waals surface area contributed by atoms with Crippen molar-refractivity contribution in [3.05, 3.63) is 0 Å². The Morgan fingerprint density at radius 3 is 2.56 bits per heavy atom. The molecule has 0 bridgehead atoms. The van der Waals surface area contributed by atoms with Gasteiger partial charge in [-0.2, -0.15) is 5.12 Å². The third kappa shape index (κ3) is 1.41. The van der Waals surface area contributed by atoms with Gasteiger partial charge in [0.1, 0.15) is 0 Å². The lowest BCUT2D eigenvalue weighted by atomic mass is 10.4. The van der Waals surface area contributed by atoms with Gasteiger partial charge in [-0.25, -0.2) is 10.4 Å². The molecule has 0 amide bonds. The van der Waals surface area contributed by atoms with E-state index in [9.17, 15) is 0 Å². The molecular weight excluding hydrogens is 114 g/mol. The zero-order valence-corrected chi connectivity index (χ0v) is 6.39. The van der Waals surface area contributed by atoms with Crippen molar-refractivity contribution in [1.82, 2.24) is 15.6 Å². The van der Waals surface area contributed by atoms with Crippen molar-refractivity contribution in [3.8, 4) is 0 Å². The molecule has 0 saturated carbocycles. The summed E-state index contributed by atoms with van der Waals surface area (Å²) in [5.74, 6) is 0. The van der Waals surface area contributed by atoms with Crippen LogP contribution in [0, 0.1) is 0 Å². The Balaban J connectivity index is 2.38. The normalized spacial score (nSPS) is 31.7. The third-order valence-electron chi connectivity index (χ3n) is 1.68. The van der Waals surface area contributed by atoms with Gasteiger partial charge in [-0.1, -0.05) is 6.92 Å². The molecule has 1 heterocycles. The van der Waals surface area contributed by atoms with Crippen LogP contribution in [0.2, 0.25) is 0 Å². The molecule has 9 heavy (non-hydrogen) atoms. The van der Waals surface area contributed by atoms with Crippen LogP contribution in [0.15, 0.2) is 0 Å². The molecule has 0 aromatic carbocycles. The van der Waals surface area contributed by atoms with Crippen LogP contribution in [0.5, 0.6) is 0 Å². The quantitative estimate of drug-likeness (QED) is 0.540. The van der Waals surface area contributed by atoms with Crippen LogP contribution in [-0.2, 0) is 0 Å². The fourth-order valence-corrected chi connectivity index (χ4v) is 1.22. The monoisotopic (exact) mass is 129 g/mol. The van der Waals surface area contributed by atoms with Crippen molar-refractivity contribution in [1.29, 1.82) is 0 Å². The van der Waals surface area contributed by atoms with E-state index in [0.717, 1.165) is 13.1 Å². The van der Waals surface area contributed by atoms with E-state index in [0.29, 0.717) is 6.04 Å². The molecule has 0 radical (unpaired) electrons. The highest BCUT2D eigenvalue weighted by Gasteiger charge is 2.20. The first-order valence-corrected chi connectivity index (χ1v) is 3.48. The molecule has 0 aliphatic carbocycles. The predicted octanol–water partition coefficient (Wildman–Crippen LogP) is 0.0618. The minimum Gasteiger partial charge on any atom is -0.237 e. The zero-order valence-electron chi connectivity index (χ0n) is 6.39. The maximum absolute atomic E-state index is 3.28. The van der Waals surface area contributed by atoms with Crippen LogP contribution in [0.4, 0.5) is 0 Å². The number of rotatable bonds is 1. The van der Waals surface area contributed by atoms with Gasteiger partial charge in [-0.3, -0.25) is 0 Å². The second kappa shape index (κ2) is 2.64. The van der Waals surface area contributed by atoms with Gasteiger partial charge in [0.05, 0.1) is 0 Å². The SMILES string of the molecule is CCN1CC(C)NN1C. The number of hydrogen-bond donors (Lipinski definition) is 1. The van der Waals surface area contributed by atoms with E-state index in [-0.39, 0.29) is 0 Å². The molecule has 0 aromatic rings. The van der Waals surface area contributed by atoms with Gasteiger partial charge in [-0.15, -0.1) is 0 Å². The molecule has 1 rings (SSSR count). The Morgan fingerprint density at radius 1 is 1.67 bits per heavy atom. The molecule has 1 N–H and O–H groups in total. The Labute approximate surface area is 56.6 Å². The molecule has 0 spiro atoms. The molecule has 3 heteroatoms. The summed E-state index contributed by atoms with van der Waals surface area (Å²) in [6.45, 7) is 6.57. The molecule has 1 aliphatic heterocycles. The Kier molecular flexibility index (Phi) is 2.05.